The summed E-state index contributed by atoms with van der Waals surface area (Å²) in [6.45, 7) is 1.02. The van der Waals surface area contributed by atoms with E-state index in [9.17, 15) is 22.8 Å². The van der Waals surface area contributed by atoms with Gasteiger partial charge in [-0.1, -0.05) is 0 Å². The molecule has 20 heavy (non-hydrogen) atoms. The van der Waals surface area contributed by atoms with Gasteiger partial charge in [0, 0.05) is 26.2 Å². The number of piperazine rings is 1. The lowest BCUT2D eigenvalue weighted by Crippen LogP contribution is -2.60. The summed E-state index contributed by atoms with van der Waals surface area (Å²) in [7, 11) is 0. The molecule has 0 radical (unpaired) electrons. The Balaban J connectivity index is 2.52. The fourth-order valence-electron chi connectivity index (χ4n) is 1.87. The van der Waals surface area contributed by atoms with Gasteiger partial charge < -0.3 is 20.3 Å². The van der Waals surface area contributed by atoms with Crippen LogP contribution in [0, 0.1) is 0 Å². The van der Waals surface area contributed by atoms with Crippen molar-refractivity contribution in [2.45, 2.75) is 19.1 Å². The normalized spacial score (nSPS) is 19.8. The molecule has 0 aromatic carbocycles. The number of hydrogen-bond donors (Lipinski definition) is 2. The van der Waals surface area contributed by atoms with E-state index in [0.717, 1.165) is 0 Å². The highest BCUT2D eigenvalue weighted by Gasteiger charge is 2.33. The molecule has 2 N–H and O–H groups in total. The summed E-state index contributed by atoms with van der Waals surface area (Å²) >= 11 is 0. The van der Waals surface area contributed by atoms with E-state index in [1.165, 1.54) is 4.90 Å². The van der Waals surface area contributed by atoms with Crippen molar-refractivity contribution in [1.82, 2.24) is 15.5 Å². The standard InChI is InChI=1S/C11H18F3N3O3/c1-2-16-10(19)8-5-15-3-4-17(8)9(18)6-20-7-11(12,13)14/h8,15H,2-7H2,1H3,(H,16,19). The number of carbonyl (C=O) groups is 2. The number of nitrogens with one attached hydrogen (secondary N) is 2. The number of rotatable bonds is 5. The number of alkyl halides is 3. The van der Waals surface area contributed by atoms with E-state index in [1.54, 1.807) is 6.92 Å². The van der Waals surface area contributed by atoms with Crippen molar-refractivity contribution in [3.8, 4) is 0 Å². The molecule has 0 aliphatic carbocycles. The molecule has 1 aliphatic rings. The molecule has 0 bridgehead atoms. The first-order valence-corrected chi connectivity index (χ1v) is 6.27. The highest BCUT2D eigenvalue weighted by atomic mass is 19.4. The number of ether oxygens (including phenoxy) is 1. The number of nitrogens with zero attached hydrogens (tertiary/aromatic N) is 1. The Morgan fingerprint density at radius 2 is 2.15 bits per heavy atom. The molecule has 0 spiro atoms. The van der Waals surface area contributed by atoms with Crippen LogP contribution >= 0.6 is 0 Å². The Morgan fingerprint density at radius 3 is 2.75 bits per heavy atom. The number of halogens is 3. The maximum absolute atomic E-state index is 11.9. The Bertz CT molecular complexity index is 350. The summed E-state index contributed by atoms with van der Waals surface area (Å²) in [6, 6.07) is -0.717. The highest BCUT2D eigenvalue weighted by molar-refractivity contribution is 5.88. The van der Waals surface area contributed by atoms with Crippen LogP contribution in [0.3, 0.4) is 0 Å². The average Bonchev–Trinajstić information content (AvgIpc) is 2.37. The molecule has 2 amide bonds. The van der Waals surface area contributed by atoms with Crippen LogP contribution in [0.2, 0.25) is 0 Å². The van der Waals surface area contributed by atoms with Gasteiger partial charge in [0.1, 0.15) is 19.3 Å². The van der Waals surface area contributed by atoms with Gasteiger partial charge in [-0.05, 0) is 6.92 Å². The number of carbonyl (C=O) groups excluding carboxylic acids is 2. The van der Waals surface area contributed by atoms with Crippen molar-refractivity contribution in [2.24, 2.45) is 0 Å². The fraction of sp³-hybridized carbons (Fsp3) is 0.818. The Hall–Kier alpha value is -1.35. The van der Waals surface area contributed by atoms with E-state index >= 15 is 0 Å². The summed E-state index contributed by atoms with van der Waals surface area (Å²) in [5, 5.41) is 5.55. The third-order valence-corrected chi connectivity index (χ3v) is 2.71. The van der Waals surface area contributed by atoms with E-state index in [0.29, 0.717) is 13.1 Å². The van der Waals surface area contributed by atoms with Crippen LogP contribution in [0.5, 0.6) is 0 Å². The first-order valence-electron chi connectivity index (χ1n) is 6.27. The first kappa shape index (κ1) is 16.7. The zero-order valence-corrected chi connectivity index (χ0v) is 11.1. The van der Waals surface area contributed by atoms with Gasteiger partial charge in [-0.15, -0.1) is 0 Å². The second-order valence-electron chi connectivity index (χ2n) is 4.31. The van der Waals surface area contributed by atoms with Crippen LogP contribution in [-0.2, 0) is 14.3 Å². The minimum absolute atomic E-state index is 0.260. The molecule has 1 rings (SSSR count). The van der Waals surface area contributed by atoms with Gasteiger partial charge in [0.15, 0.2) is 0 Å². The van der Waals surface area contributed by atoms with Gasteiger partial charge in [-0.3, -0.25) is 9.59 Å². The SMILES string of the molecule is CCNC(=O)C1CNCCN1C(=O)COCC(F)(F)F. The number of hydrogen-bond acceptors (Lipinski definition) is 4. The van der Waals surface area contributed by atoms with Gasteiger partial charge in [0.05, 0.1) is 0 Å². The first-order chi connectivity index (χ1) is 9.35. The smallest absolute Gasteiger partial charge is 0.362 e. The van der Waals surface area contributed by atoms with E-state index in [4.69, 9.17) is 0 Å². The molecule has 116 valence electrons. The zero-order valence-electron chi connectivity index (χ0n) is 11.1. The predicted molar refractivity (Wildman–Crippen MR) is 63.9 cm³/mol. The molecule has 1 aliphatic heterocycles. The van der Waals surface area contributed by atoms with Gasteiger partial charge in [0.25, 0.3) is 0 Å². The van der Waals surface area contributed by atoms with Crippen LogP contribution in [0.15, 0.2) is 0 Å². The molecule has 6 nitrogen and oxygen atoms in total. The molecule has 1 saturated heterocycles. The third kappa shape index (κ3) is 5.33. The third-order valence-electron chi connectivity index (χ3n) is 2.71. The molecule has 1 atom stereocenters. The van der Waals surface area contributed by atoms with Gasteiger partial charge in [-0.2, -0.15) is 13.2 Å². The summed E-state index contributed by atoms with van der Waals surface area (Å²) in [4.78, 5) is 24.9. The largest absolute Gasteiger partial charge is 0.411 e. The lowest BCUT2D eigenvalue weighted by Gasteiger charge is -2.35. The van der Waals surface area contributed by atoms with E-state index in [2.05, 4.69) is 15.4 Å². The van der Waals surface area contributed by atoms with E-state index < -0.39 is 31.3 Å². The summed E-state index contributed by atoms with van der Waals surface area (Å²) in [5.74, 6) is -0.948. The molecule has 9 heteroatoms. The minimum atomic E-state index is -4.47. The fourth-order valence-corrected chi connectivity index (χ4v) is 1.87. The van der Waals surface area contributed by atoms with E-state index in [1.807, 2.05) is 0 Å². The quantitative estimate of drug-likeness (QED) is 0.718. The van der Waals surface area contributed by atoms with Crippen molar-refractivity contribution in [3.05, 3.63) is 0 Å². The lowest BCUT2D eigenvalue weighted by atomic mass is 10.1. The topological polar surface area (TPSA) is 70.7 Å². The monoisotopic (exact) mass is 297 g/mol. The van der Waals surface area contributed by atoms with E-state index in [-0.39, 0.29) is 19.0 Å². The van der Waals surface area contributed by atoms with Crippen LogP contribution in [0.4, 0.5) is 13.2 Å². The van der Waals surface area contributed by atoms with Gasteiger partial charge in [0.2, 0.25) is 11.8 Å². The van der Waals surface area contributed by atoms with Crippen molar-refractivity contribution in [2.75, 3.05) is 39.4 Å². The van der Waals surface area contributed by atoms with Crippen LogP contribution in [0.1, 0.15) is 6.92 Å². The molecular weight excluding hydrogens is 279 g/mol. The van der Waals surface area contributed by atoms with Crippen molar-refractivity contribution >= 4 is 11.8 Å². The molecular formula is C11H18F3N3O3. The van der Waals surface area contributed by atoms with Crippen LogP contribution in [-0.4, -0.2) is 68.3 Å². The molecule has 0 aromatic heterocycles. The maximum Gasteiger partial charge on any atom is 0.411 e. The lowest BCUT2D eigenvalue weighted by molar-refractivity contribution is -0.179. The Morgan fingerprint density at radius 1 is 1.45 bits per heavy atom. The van der Waals surface area contributed by atoms with Gasteiger partial charge in [-0.25, -0.2) is 0 Å². The predicted octanol–water partition coefficient (Wildman–Crippen LogP) is -0.498. The second-order valence-corrected chi connectivity index (χ2v) is 4.31. The Labute approximate surface area is 114 Å². The summed E-state index contributed by atoms with van der Waals surface area (Å²) in [5.41, 5.74) is 0. The minimum Gasteiger partial charge on any atom is -0.362 e. The van der Waals surface area contributed by atoms with Crippen molar-refractivity contribution in [1.29, 1.82) is 0 Å². The molecule has 1 fully saturated rings. The molecule has 0 aromatic rings. The summed E-state index contributed by atoms with van der Waals surface area (Å²) < 4.78 is 40.1. The number of likely N-dealkylation sites (N-methyl/N-ethyl adjacent to an activating group) is 1. The number of amides is 2. The summed E-state index contributed by atoms with van der Waals surface area (Å²) in [6.07, 6.45) is -4.47. The maximum atomic E-state index is 11.9. The van der Waals surface area contributed by atoms with Crippen LogP contribution < -0.4 is 10.6 Å². The molecule has 0 saturated carbocycles. The highest BCUT2D eigenvalue weighted by Crippen LogP contribution is 2.14. The second kappa shape index (κ2) is 7.44. The average molecular weight is 297 g/mol. The van der Waals surface area contributed by atoms with Crippen molar-refractivity contribution < 1.29 is 27.5 Å². The Kier molecular flexibility index (Phi) is 6.21. The van der Waals surface area contributed by atoms with Crippen molar-refractivity contribution in [3.63, 3.8) is 0 Å². The van der Waals surface area contributed by atoms with Gasteiger partial charge >= 0.3 is 6.18 Å². The zero-order chi connectivity index (χ0) is 15.2. The molecule has 1 heterocycles. The van der Waals surface area contributed by atoms with Crippen LogP contribution in [0.25, 0.3) is 0 Å². The molecule has 1 unspecified atom stereocenters.